The monoisotopic (exact) mass is 922 g/mol. The number of fused-ring (bicyclic) bond motifs is 2. The number of rotatable bonds is 16. The van der Waals surface area contributed by atoms with Gasteiger partial charge in [-0.05, 0) is 75.5 Å². The molecular weight excluding hydrogens is 860 g/mol. The molecule has 1 spiro atoms. The third-order valence-electron chi connectivity index (χ3n) is 13.6. The van der Waals surface area contributed by atoms with Crippen LogP contribution in [0.3, 0.4) is 0 Å². The number of likely N-dealkylation sites (tertiary alicyclic amines) is 1. The zero-order chi connectivity index (χ0) is 46.1. The Morgan fingerprint density at radius 2 is 1.75 bits per heavy atom. The summed E-state index contributed by atoms with van der Waals surface area (Å²) in [5.74, 6) is -3.39. The van der Waals surface area contributed by atoms with E-state index in [1.54, 1.807) is 41.6 Å². The van der Waals surface area contributed by atoms with Crippen molar-refractivity contribution in [2.75, 3.05) is 19.6 Å². The fourth-order valence-corrected chi connectivity index (χ4v) is 11.0. The van der Waals surface area contributed by atoms with Gasteiger partial charge < -0.3 is 35.8 Å². The zero-order valence-corrected chi connectivity index (χ0v) is 39.3. The molecule has 2 unspecified atom stereocenters. The summed E-state index contributed by atoms with van der Waals surface area (Å²) < 4.78 is 6.37. The molecule has 7 rings (SSSR count). The van der Waals surface area contributed by atoms with Gasteiger partial charge in [0.15, 0.2) is 0 Å². The average Bonchev–Trinajstić information content (AvgIpc) is 3.52. The van der Waals surface area contributed by atoms with Gasteiger partial charge in [-0.1, -0.05) is 71.0 Å². The number of likely N-dealkylation sites (N-methyl/N-ethyl adjacent to an activating group) is 1. The first-order chi connectivity index (χ1) is 30.4. The van der Waals surface area contributed by atoms with E-state index in [0.29, 0.717) is 47.3 Å². The zero-order valence-electron chi connectivity index (χ0n) is 37.7. The van der Waals surface area contributed by atoms with Crippen LogP contribution in [0.5, 0.6) is 5.75 Å². The normalized spacial score (nSPS) is 25.1. The lowest BCUT2D eigenvalue weighted by atomic mass is 9.82. The number of benzene rings is 1. The molecule has 0 bridgehead atoms. The molecule has 2 aliphatic carbocycles. The van der Waals surface area contributed by atoms with E-state index in [2.05, 4.69) is 26.3 Å². The lowest BCUT2D eigenvalue weighted by molar-refractivity contribution is -0.145. The smallest absolute Gasteiger partial charge is 0.289 e. The van der Waals surface area contributed by atoms with Crippen LogP contribution >= 0.6 is 22.9 Å². The van der Waals surface area contributed by atoms with Gasteiger partial charge in [-0.15, -0.1) is 11.3 Å². The molecule has 0 radical (unpaired) electrons. The standard InChI is InChI=1S/C46H63ClN8O8S/c1-7-13-32(36(56)41(59)49-29-18-19-29)50-39(57)34-22-46(54(8-2)43(61)33-21-31(23-55(33)46)63-30-17-12-16-28(47)20-30)24-53(34)44(62)38(45(4,5)6)52-40(58)35(27-14-10-9-11-15-27)51-42(60)37-26(3)48-25-64-37/h12,16-17,20,25,27,29,31-35,38H,7-11,13-15,18-19,21-24H2,1-6H3,(H,49,59)(H,50,57)(H,51,60)(H,52,58)/t31-,32?,33-,34-,35-,38+,46?/m0/s1. The van der Waals surface area contributed by atoms with E-state index >= 15 is 4.79 Å². The molecule has 18 heteroatoms. The highest BCUT2D eigenvalue weighted by molar-refractivity contribution is 7.11. The number of carbonyl (C=O) groups excluding carboxylic acids is 7. The molecule has 6 amide bonds. The van der Waals surface area contributed by atoms with Gasteiger partial charge in [0.2, 0.25) is 29.4 Å². The van der Waals surface area contributed by atoms with E-state index in [1.165, 1.54) is 16.2 Å². The van der Waals surface area contributed by atoms with Crippen molar-refractivity contribution >= 4 is 64.2 Å². The summed E-state index contributed by atoms with van der Waals surface area (Å²) in [4.78, 5) is 109. The molecule has 4 heterocycles. The first-order valence-corrected chi connectivity index (χ1v) is 24.2. The van der Waals surface area contributed by atoms with Gasteiger partial charge in [0.05, 0.1) is 29.8 Å². The molecule has 16 nitrogen and oxygen atoms in total. The highest BCUT2D eigenvalue weighted by Crippen LogP contribution is 2.47. The van der Waals surface area contributed by atoms with Crippen LogP contribution < -0.4 is 26.0 Å². The summed E-state index contributed by atoms with van der Waals surface area (Å²) in [5, 5.41) is 12.1. The Morgan fingerprint density at radius 3 is 2.38 bits per heavy atom. The predicted octanol–water partition coefficient (Wildman–Crippen LogP) is 4.13. The van der Waals surface area contributed by atoms with Crippen LogP contribution in [-0.2, 0) is 28.8 Å². The maximum atomic E-state index is 15.5. The number of nitrogens with one attached hydrogen (secondary N) is 4. The quantitative estimate of drug-likeness (QED) is 0.178. The lowest BCUT2D eigenvalue weighted by Crippen LogP contribution is -2.62. The molecule has 1 aromatic heterocycles. The summed E-state index contributed by atoms with van der Waals surface area (Å²) in [6.45, 7) is 11.5. The largest absolute Gasteiger partial charge is 0.489 e. The van der Waals surface area contributed by atoms with Crippen LogP contribution in [-0.4, -0.2) is 129 Å². The van der Waals surface area contributed by atoms with Gasteiger partial charge in [-0.2, -0.15) is 0 Å². The second-order valence-corrected chi connectivity index (χ2v) is 20.5. The summed E-state index contributed by atoms with van der Waals surface area (Å²) in [5.41, 5.74) is 0.0938. The van der Waals surface area contributed by atoms with E-state index in [1.807, 2.05) is 39.5 Å². The Hall–Kier alpha value is -4.61. The molecule has 1 aromatic carbocycles. The van der Waals surface area contributed by atoms with E-state index in [0.717, 1.165) is 44.9 Å². The molecule has 64 heavy (non-hydrogen) atoms. The number of hydrogen-bond donors (Lipinski definition) is 4. The first-order valence-electron chi connectivity index (χ1n) is 22.9. The molecule has 3 saturated heterocycles. The number of aromatic nitrogens is 1. The molecule has 5 fully saturated rings. The molecule has 2 saturated carbocycles. The van der Waals surface area contributed by atoms with Gasteiger partial charge >= 0.3 is 0 Å². The maximum absolute atomic E-state index is 15.5. The van der Waals surface area contributed by atoms with Crippen LogP contribution in [0.15, 0.2) is 29.8 Å². The Labute approximate surface area is 384 Å². The van der Waals surface area contributed by atoms with E-state index in [-0.39, 0.29) is 37.3 Å². The molecule has 348 valence electrons. The number of hydrogen-bond acceptors (Lipinski definition) is 11. The summed E-state index contributed by atoms with van der Waals surface area (Å²) in [7, 11) is 0. The Bertz CT molecular complexity index is 2120. The third-order valence-corrected chi connectivity index (χ3v) is 14.7. The third kappa shape index (κ3) is 9.96. The minimum absolute atomic E-state index is 0.00557. The van der Waals surface area contributed by atoms with Crippen molar-refractivity contribution in [2.45, 2.75) is 160 Å². The predicted molar refractivity (Wildman–Crippen MR) is 240 cm³/mol. The van der Waals surface area contributed by atoms with Crippen LogP contribution in [0.2, 0.25) is 5.02 Å². The van der Waals surface area contributed by atoms with Crippen LogP contribution in [0, 0.1) is 18.3 Å². The van der Waals surface area contributed by atoms with E-state index < -0.39 is 82.7 Å². The minimum Gasteiger partial charge on any atom is -0.489 e. The maximum Gasteiger partial charge on any atom is 0.289 e. The molecular formula is C46H63ClN8O8S. The van der Waals surface area contributed by atoms with Crippen molar-refractivity contribution in [3.8, 4) is 5.75 Å². The fourth-order valence-electron chi connectivity index (χ4n) is 10.1. The van der Waals surface area contributed by atoms with Crippen molar-refractivity contribution in [3.05, 3.63) is 45.4 Å². The number of amides is 6. The number of Topliss-reactive ketones (excluding diaryl/α,β-unsaturated/α-hetero) is 1. The average molecular weight is 924 g/mol. The highest BCUT2D eigenvalue weighted by atomic mass is 35.5. The second-order valence-electron chi connectivity index (χ2n) is 19.2. The molecule has 4 N–H and O–H groups in total. The number of carbonyl (C=O) groups is 7. The fraction of sp³-hybridized carbons (Fsp3) is 0.652. The van der Waals surface area contributed by atoms with Crippen LogP contribution in [0.1, 0.15) is 121 Å². The van der Waals surface area contributed by atoms with E-state index in [4.69, 9.17) is 16.3 Å². The van der Waals surface area contributed by atoms with Gasteiger partial charge in [0, 0.05) is 37.0 Å². The van der Waals surface area contributed by atoms with Crippen LogP contribution in [0.25, 0.3) is 0 Å². The molecule has 2 aromatic rings. The number of thiazole rings is 1. The summed E-state index contributed by atoms with van der Waals surface area (Å²) in [6.07, 6.45) is 6.49. The number of aryl methyl sites for hydroxylation is 1. The first kappa shape index (κ1) is 47.4. The molecule has 5 aliphatic rings. The number of nitrogens with zero attached hydrogens (tertiary/aromatic N) is 4. The number of halogens is 1. The topological polar surface area (TPSA) is 199 Å². The summed E-state index contributed by atoms with van der Waals surface area (Å²) in [6, 6.07) is 1.90. The van der Waals surface area contributed by atoms with Gasteiger partial charge in [0.25, 0.3) is 11.8 Å². The Kier molecular flexibility index (Phi) is 14.4. The minimum atomic E-state index is -1.20. The SMILES string of the molecule is CCCC(NC(=O)[C@@H]1CC2(CN1C(=O)[C@@H](NC(=O)[C@@H](NC(=O)c1scnc1C)C1CCCCC1)C(C)(C)C)N(CC)C(=O)[C@@H]1C[C@H](Oc3cccc(Cl)c3)CN12)C(=O)C(=O)NC1CC1. The van der Waals surface area contributed by atoms with E-state index in [9.17, 15) is 28.8 Å². The number of ketones is 1. The second kappa shape index (κ2) is 19.5. The summed E-state index contributed by atoms with van der Waals surface area (Å²) >= 11 is 7.47. The van der Waals surface area contributed by atoms with Crippen molar-refractivity contribution < 1.29 is 38.3 Å². The number of ether oxygens (including phenoxy) is 1. The molecule has 7 atom stereocenters. The van der Waals surface area contributed by atoms with Crippen LogP contribution in [0.4, 0.5) is 0 Å². The van der Waals surface area contributed by atoms with Gasteiger partial charge in [0.1, 0.15) is 40.5 Å². The van der Waals surface area contributed by atoms with Gasteiger partial charge in [-0.25, -0.2) is 4.98 Å². The van der Waals surface area contributed by atoms with Crippen molar-refractivity contribution in [1.82, 2.24) is 41.0 Å². The Balaban J connectivity index is 1.21. The molecule has 3 aliphatic heterocycles. The highest BCUT2D eigenvalue weighted by Gasteiger charge is 2.66. The van der Waals surface area contributed by atoms with Gasteiger partial charge in [-0.3, -0.25) is 38.5 Å². The lowest BCUT2D eigenvalue weighted by Gasteiger charge is -2.41. The van der Waals surface area contributed by atoms with Crippen molar-refractivity contribution in [1.29, 1.82) is 0 Å². The Morgan fingerprint density at radius 1 is 1.02 bits per heavy atom. The van der Waals surface area contributed by atoms with Crippen molar-refractivity contribution in [2.24, 2.45) is 11.3 Å². The van der Waals surface area contributed by atoms with Crippen molar-refractivity contribution in [3.63, 3.8) is 0 Å².